The molecule has 0 saturated carbocycles. The summed E-state index contributed by atoms with van der Waals surface area (Å²) in [6.07, 6.45) is -0.803. The van der Waals surface area contributed by atoms with Gasteiger partial charge in [-0.25, -0.2) is 4.39 Å². The second-order valence-corrected chi connectivity index (χ2v) is 12.9. The van der Waals surface area contributed by atoms with Crippen LogP contribution in [0.4, 0.5) is 28.9 Å². The molecule has 272 valence electrons. The molecule has 3 aromatic rings. The molecular formula is C37H47F4N5O4. The molecular weight excluding hydrogens is 654 g/mol. The van der Waals surface area contributed by atoms with Gasteiger partial charge in [-0.1, -0.05) is 38.2 Å². The van der Waals surface area contributed by atoms with Crippen molar-refractivity contribution in [2.45, 2.75) is 76.8 Å². The number of unbranched alkanes of at least 4 members (excludes halogenated alkanes) is 4. The molecule has 1 fully saturated rings. The van der Waals surface area contributed by atoms with Gasteiger partial charge in [-0.15, -0.1) is 0 Å². The van der Waals surface area contributed by atoms with Gasteiger partial charge in [0, 0.05) is 42.1 Å². The topological polar surface area (TPSA) is 108 Å². The number of hydrogen-bond acceptors (Lipinski definition) is 6. The zero-order valence-electron chi connectivity index (χ0n) is 28.8. The summed E-state index contributed by atoms with van der Waals surface area (Å²) in [4.78, 5) is 25.3. The van der Waals surface area contributed by atoms with Crippen LogP contribution in [0.1, 0.15) is 67.9 Å². The number of methoxy groups -OCH3 is 1. The van der Waals surface area contributed by atoms with Crippen molar-refractivity contribution in [3.05, 3.63) is 53.7 Å². The molecule has 4 rings (SSSR count). The fourth-order valence-corrected chi connectivity index (χ4v) is 6.30. The Kier molecular flexibility index (Phi) is 13.8. The van der Waals surface area contributed by atoms with E-state index >= 15 is 4.39 Å². The normalized spacial score (nSPS) is 18.2. The van der Waals surface area contributed by atoms with Crippen molar-refractivity contribution < 1.29 is 37.0 Å². The smallest absolute Gasteiger partial charge is 0.406 e. The Morgan fingerprint density at radius 2 is 1.82 bits per heavy atom. The first-order chi connectivity index (χ1) is 23.9. The highest BCUT2D eigenvalue weighted by atomic mass is 19.4. The molecule has 3 atom stereocenters. The minimum Gasteiger partial charge on any atom is -0.495 e. The summed E-state index contributed by atoms with van der Waals surface area (Å²) in [5.74, 6) is 4.96. The lowest BCUT2D eigenvalue weighted by Crippen LogP contribution is -2.35. The Morgan fingerprint density at radius 3 is 2.56 bits per heavy atom. The lowest BCUT2D eigenvalue weighted by molar-refractivity contribution is -0.140. The number of nitrogens with zero attached hydrogens (tertiary/aromatic N) is 2. The number of carboxylic acid groups (broad SMARTS) is 1. The predicted octanol–water partition coefficient (Wildman–Crippen LogP) is 6.92. The summed E-state index contributed by atoms with van der Waals surface area (Å²) in [6.45, 7) is 2.56. The third kappa shape index (κ3) is 11.0. The number of carbonyl (C=O) groups is 2. The minimum atomic E-state index is -4.49. The Balaban J connectivity index is 1.42. The predicted molar refractivity (Wildman–Crippen MR) is 188 cm³/mol. The highest BCUT2D eigenvalue weighted by Gasteiger charge is 2.32. The van der Waals surface area contributed by atoms with Gasteiger partial charge >= 0.3 is 12.1 Å². The van der Waals surface area contributed by atoms with Crippen molar-refractivity contribution in [1.82, 2.24) is 14.8 Å². The van der Waals surface area contributed by atoms with Gasteiger partial charge in [-0.05, 0) is 75.2 Å². The number of aromatic nitrogens is 1. The maximum atomic E-state index is 15.3. The summed E-state index contributed by atoms with van der Waals surface area (Å²) in [6, 6.07) is 11.1. The number of rotatable bonds is 15. The van der Waals surface area contributed by atoms with Gasteiger partial charge in [0.05, 0.1) is 36.6 Å². The number of amides is 1. The van der Waals surface area contributed by atoms with E-state index in [4.69, 9.17) is 9.84 Å². The van der Waals surface area contributed by atoms with Crippen LogP contribution in [-0.2, 0) is 11.3 Å². The fraction of sp³-hybridized carbons (Fsp3) is 0.514. The van der Waals surface area contributed by atoms with Crippen molar-refractivity contribution in [3.63, 3.8) is 0 Å². The molecule has 9 nitrogen and oxygen atoms in total. The molecule has 0 bridgehead atoms. The number of nitrogens with one attached hydrogen (secondary N) is 3. The van der Waals surface area contributed by atoms with E-state index in [0.717, 1.165) is 30.3 Å². The van der Waals surface area contributed by atoms with Crippen molar-refractivity contribution in [2.24, 2.45) is 5.92 Å². The monoisotopic (exact) mass is 701 g/mol. The van der Waals surface area contributed by atoms with Crippen LogP contribution in [-0.4, -0.2) is 85.2 Å². The first-order valence-electron chi connectivity index (χ1n) is 17.0. The second kappa shape index (κ2) is 18.0. The maximum Gasteiger partial charge on any atom is 0.406 e. The average molecular weight is 702 g/mol. The van der Waals surface area contributed by atoms with Crippen LogP contribution in [0.25, 0.3) is 10.9 Å². The zero-order chi connectivity index (χ0) is 36.3. The average Bonchev–Trinajstić information content (AvgIpc) is 3.35. The molecule has 2 aromatic carbocycles. The van der Waals surface area contributed by atoms with E-state index in [-0.39, 0.29) is 30.5 Å². The van der Waals surface area contributed by atoms with Crippen LogP contribution in [0.3, 0.4) is 0 Å². The molecule has 1 saturated heterocycles. The van der Waals surface area contributed by atoms with E-state index in [9.17, 15) is 22.8 Å². The van der Waals surface area contributed by atoms with Gasteiger partial charge in [0.15, 0.2) is 0 Å². The number of carboxylic acids is 1. The van der Waals surface area contributed by atoms with Crippen LogP contribution in [0.15, 0.2) is 42.5 Å². The first-order valence-corrected chi connectivity index (χ1v) is 17.0. The van der Waals surface area contributed by atoms with Crippen LogP contribution in [0.5, 0.6) is 5.75 Å². The van der Waals surface area contributed by atoms with E-state index in [1.165, 1.54) is 7.11 Å². The first kappa shape index (κ1) is 38.4. The summed E-state index contributed by atoms with van der Waals surface area (Å²) >= 11 is 0. The van der Waals surface area contributed by atoms with E-state index < -0.39 is 30.9 Å². The summed E-state index contributed by atoms with van der Waals surface area (Å²) in [5.41, 5.74) is 2.07. The molecule has 1 aromatic heterocycles. The number of anilines is 2. The molecule has 1 aliphatic rings. The number of alkyl halides is 4. The van der Waals surface area contributed by atoms with Gasteiger partial charge in [-0.3, -0.25) is 9.59 Å². The number of carbonyl (C=O) groups excluding carboxylic acids is 1. The third-order valence-electron chi connectivity index (χ3n) is 8.87. The molecule has 4 N–H and O–H groups in total. The number of fused-ring (bicyclic) bond motifs is 1. The molecule has 0 radical (unpaired) electrons. The van der Waals surface area contributed by atoms with Gasteiger partial charge in [-0.2, -0.15) is 13.2 Å². The van der Waals surface area contributed by atoms with Gasteiger partial charge in [0.1, 0.15) is 18.5 Å². The number of benzene rings is 2. The van der Waals surface area contributed by atoms with E-state index in [1.54, 1.807) is 42.5 Å². The zero-order valence-corrected chi connectivity index (χ0v) is 28.8. The summed E-state index contributed by atoms with van der Waals surface area (Å²) < 4.78 is 63.1. The molecule has 0 spiro atoms. The van der Waals surface area contributed by atoms with E-state index in [2.05, 4.69) is 32.7 Å². The van der Waals surface area contributed by atoms with Crippen LogP contribution in [0, 0.1) is 17.8 Å². The maximum absolute atomic E-state index is 15.3. The van der Waals surface area contributed by atoms with Crippen molar-refractivity contribution in [1.29, 1.82) is 0 Å². The van der Waals surface area contributed by atoms with Gasteiger partial charge < -0.3 is 35.3 Å². The number of likely N-dealkylation sites (tertiary alicyclic amines) is 1. The van der Waals surface area contributed by atoms with Crippen LogP contribution < -0.4 is 20.7 Å². The molecule has 1 unspecified atom stereocenters. The molecule has 50 heavy (non-hydrogen) atoms. The number of aliphatic carboxylic acids is 1. The molecule has 1 aliphatic heterocycles. The Labute approximate surface area is 290 Å². The van der Waals surface area contributed by atoms with Crippen molar-refractivity contribution in [2.75, 3.05) is 51.0 Å². The Hall–Kier alpha value is -4.44. The molecule has 0 aliphatic carbocycles. The SMILES string of the molecule is COc1cc(C(=O)NCCCCCCCC(=O)O)ccc1NCC#Cc1cc2c(N[C@@H]3CCN(C)CC(C)[C@@H]3F)cccc2n1CC(F)(F)F. The Bertz CT molecular complexity index is 1660. The number of hydrogen-bond donors (Lipinski definition) is 4. The third-order valence-corrected chi connectivity index (χ3v) is 8.87. The molecule has 2 heterocycles. The minimum absolute atomic E-state index is 0.0873. The summed E-state index contributed by atoms with van der Waals surface area (Å²) in [7, 11) is 3.42. The van der Waals surface area contributed by atoms with Crippen LogP contribution in [0.2, 0.25) is 0 Å². The highest BCUT2D eigenvalue weighted by molar-refractivity contribution is 5.95. The van der Waals surface area contributed by atoms with Gasteiger partial charge in [0.25, 0.3) is 5.91 Å². The molecule has 13 heteroatoms. The van der Waals surface area contributed by atoms with E-state index in [1.807, 2.05) is 14.0 Å². The fourth-order valence-electron chi connectivity index (χ4n) is 6.30. The number of ether oxygens (including phenoxy) is 1. The van der Waals surface area contributed by atoms with Crippen LogP contribution >= 0.6 is 0 Å². The quantitative estimate of drug-likeness (QED) is 0.0775. The largest absolute Gasteiger partial charge is 0.495 e. The lowest BCUT2D eigenvalue weighted by Gasteiger charge is -2.24. The highest BCUT2D eigenvalue weighted by Crippen LogP contribution is 2.32. The van der Waals surface area contributed by atoms with Gasteiger partial charge in [0.2, 0.25) is 0 Å². The lowest BCUT2D eigenvalue weighted by atomic mass is 9.98. The van der Waals surface area contributed by atoms with Crippen molar-refractivity contribution >= 4 is 34.2 Å². The second-order valence-electron chi connectivity index (χ2n) is 12.9. The Morgan fingerprint density at radius 1 is 1.06 bits per heavy atom. The standard InChI is InChI=1S/C37H47F4N5O4/c1-25-23-45(2)20-17-31(35(25)38)44-29-12-9-13-32-28(29)22-27(46(32)24-37(39,40)41)11-10-19-42-30-16-15-26(21-33(30)50-3)36(49)43-18-8-6-4-5-7-14-34(47)48/h9,12-13,15-16,21-22,25,31,35,42,44H,4-8,14,17-20,23-24H2,1-3H3,(H,43,49)(H,47,48)/t25?,31-,35+/m1/s1. The van der Waals surface area contributed by atoms with Crippen molar-refractivity contribution in [3.8, 4) is 17.6 Å². The van der Waals surface area contributed by atoms with E-state index in [0.29, 0.717) is 66.1 Å². The molecule has 1 amide bonds. The summed E-state index contributed by atoms with van der Waals surface area (Å²) in [5, 5.41) is 18.5. The number of halogens is 4.